The molecule has 0 N–H and O–H groups in total. The third-order valence-corrected chi connectivity index (χ3v) is 17.4. The van der Waals surface area contributed by atoms with E-state index >= 15 is 0 Å². The lowest BCUT2D eigenvalue weighted by Crippen LogP contribution is -2.62. The summed E-state index contributed by atoms with van der Waals surface area (Å²) in [6.07, 6.45) is 3.46. The molecule has 11 rings (SSSR count). The van der Waals surface area contributed by atoms with E-state index in [-0.39, 0.29) is 39.2 Å². The molecule has 0 fully saturated rings. The van der Waals surface area contributed by atoms with Gasteiger partial charge < -0.3 is 14.7 Å². The van der Waals surface area contributed by atoms with Gasteiger partial charge in [-0.2, -0.15) is 0 Å². The van der Waals surface area contributed by atoms with Crippen molar-refractivity contribution in [3.63, 3.8) is 0 Å². The first kappa shape index (κ1) is 47.3. The van der Waals surface area contributed by atoms with Crippen LogP contribution in [0.3, 0.4) is 0 Å². The zero-order chi connectivity index (χ0) is 50.5. The molecule has 0 bridgehead atoms. The van der Waals surface area contributed by atoms with Crippen molar-refractivity contribution < 1.29 is 0 Å². The first-order chi connectivity index (χ1) is 33.3. The molecule has 0 saturated carbocycles. The Morgan fingerprint density at radius 3 is 1.44 bits per heavy atom. The first-order valence-corrected chi connectivity index (χ1v) is 26.6. The number of rotatable bonds is 5. The molecule has 0 saturated heterocycles. The average molecular weight is 934 g/mol. The SMILES string of the molecule is Cc1cc(C(C)(C)C)ccc1N1c2cc(N(c3ccccc3)c3ccccc3)ccc2B2c3cc4c(cc3N(c3cc5c(cc3C)C(C)(C)CC5(C)C)c3cc(C(C)(C)C)cc1c32)C(C)(C)CCC4(C)C. The molecule has 0 unspecified atom stereocenters. The van der Waals surface area contributed by atoms with Crippen LogP contribution in [0, 0.1) is 13.8 Å². The number of aryl methyl sites for hydroxylation is 2. The number of para-hydroxylation sites is 2. The third kappa shape index (κ3) is 7.51. The van der Waals surface area contributed by atoms with Crippen molar-refractivity contribution in [1.29, 1.82) is 0 Å². The normalized spacial score (nSPS) is 17.8. The quantitative estimate of drug-likeness (QED) is 0.159. The largest absolute Gasteiger partial charge is 0.311 e. The van der Waals surface area contributed by atoms with Gasteiger partial charge in [0, 0.05) is 51.2 Å². The first-order valence-electron chi connectivity index (χ1n) is 26.6. The second-order valence-corrected chi connectivity index (χ2v) is 26.6. The van der Waals surface area contributed by atoms with Crippen LogP contribution < -0.4 is 31.1 Å². The van der Waals surface area contributed by atoms with E-state index < -0.39 is 0 Å². The van der Waals surface area contributed by atoms with Crippen LogP contribution in [0.25, 0.3) is 0 Å². The fourth-order valence-electron chi connectivity index (χ4n) is 13.5. The Morgan fingerprint density at radius 2 is 0.887 bits per heavy atom. The highest BCUT2D eigenvalue weighted by molar-refractivity contribution is 7.00. The lowest BCUT2D eigenvalue weighted by Gasteiger charge is -2.48. The Labute approximate surface area is 427 Å². The lowest BCUT2D eigenvalue weighted by atomic mass is 9.33. The molecule has 3 nitrogen and oxygen atoms in total. The standard InChI is InChI=1S/C67H76BN3/c1-42-33-44(62(3,4)5)27-30-55(42)70-57-37-48(69(46-23-19-17-20-24-46)47-25-21-18-22-26-47)28-29-53(57)68-54-38-50-51(65(11,12)32-31-64(50,9)10)40-58(54)71(60-36-45(63(6,7)8)35-59(70)61(60)68)56-39-52-49(34-43(56)2)66(13,14)41-67(52,15)16/h17-30,33-40H,31-32,41H2,1-16H3. The molecule has 2 heterocycles. The van der Waals surface area contributed by atoms with Crippen LogP contribution in [0.2, 0.25) is 0 Å². The fraction of sp³-hybridized carbons (Fsp3) is 0.373. The van der Waals surface area contributed by atoms with Crippen LogP contribution in [0.5, 0.6) is 0 Å². The van der Waals surface area contributed by atoms with Gasteiger partial charge in [-0.15, -0.1) is 0 Å². The van der Waals surface area contributed by atoms with Crippen molar-refractivity contribution in [3.8, 4) is 0 Å². The summed E-state index contributed by atoms with van der Waals surface area (Å²) in [5, 5.41) is 0. The molecule has 2 aliphatic carbocycles. The van der Waals surface area contributed by atoms with Gasteiger partial charge >= 0.3 is 0 Å². The number of nitrogens with zero attached hydrogens (tertiary/aromatic N) is 3. The molecule has 0 aromatic heterocycles. The molecule has 362 valence electrons. The van der Waals surface area contributed by atoms with Gasteiger partial charge in [0.2, 0.25) is 0 Å². The second kappa shape index (κ2) is 15.8. The maximum atomic E-state index is 2.74. The second-order valence-electron chi connectivity index (χ2n) is 26.6. The molecule has 4 heteroatoms. The lowest BCUT2D eigenvalue weighted by molar-refractivity contribution is 0.332. The highest BCUT2D eigenvalue weighted by Gasteiger charge is 2.49. The van der Waals surface area contributed by atoms with Gasteiger partial charge in [0.15, 0.2) is 0 Å². The molecule has 7 aromatic rings. The number of anilines is 9. The maximum Gasteiger partial charge on any atom is 0.252 e. The van der Waals surface area contributed by atoms with Gasteiger partial charge in [0.1, 0.15) is 0 Å². The summed E-state index contributed by atoms with van der Waals surface area (Å²) < 4.78 is 0. The van der Waals surface area contributed by atoms with Gasteiger partial charge in [-0.3, -0.25) is 0 Å². The van der Waals surface area contributed by atoms with Crippen LogP contribution in [0.4, 0.5) is 51.2 Å². The summed E-state index contributed by atoms with van der Waals surface area (Å²) in [4.78, 5) is 7.83. The van der Waals surface area contributed by atoms with Crippen molar-refractivity contribution in [2.24, 2.45) is 0 Å². The Bertz CT molecular complexity index is 3250. The monoisotopic (exact) mass is 934 g/mol. The minimum absolute atomic E-state index is 0.00660. The molecule has 7 aromatic carbocycles. The Kier molecular flexibility index (Phi) is 10.5. The summed E-state index contributed by atoms with van der Waals surface area (Å²) in [5.74, 6) is 0. The third-order valence-electron chi connectivity index (χ3n) is 17.4. The van der Waals surface area contributed by atoms with Gasteiger partial charge in [-0.1, -0.05) is 164 Å². The van der Waals surface area contributed by atoms with Gasteiger partial charge in [-0.05, 0) is 193 Å². The van der Waals surface area contributed by atoms with Gasteiger partial charge in [0.05, 0.1) is 0 Å². The molecular weight excluding hydrogens is 858 g/mol. The van der Waals surface area contributed by atoms with Crippen molar-refractivity contribution in [2.45, 2.75) is 163 Å². The summed E-state index contributed by atoms with van der Waals surface area (Å²) in [6, 6.07) is 52.1. The topological polar surface area (TPSA) is 9.72 Å². The van der Waals surface area contributed by atoms with E-state index in [0.717, 1.165) is 29.9 Å². The van der Waals surface area contributed by atoms with Crippen LogP contribution in [0.1, 0.15) is 161 Å². The van der Waals surface area contributed by atoms with Crippen LogP contribution in [-0.4, -0.2) is 6.71 Å². The summed E-state index contributed by atoms with van der Waals surface area (Å²) >= 11 is 0. The van der Waals surface area contributed by atoms with E-state index in [1.807, 2.05) is 0 Å². The van der Waals surface area contributed by atoms with Crippen molar-refractivity contribution in [2.75, 3.05) is 14.7 Å². The minimum atomic E-state index is -0.135. The van der Waals surface area contributed by atoms with Crippen LogP contribution >= 0.6 is 0 Å². The molecule has 4 aliphatic rings. The maximum absolute atomic E-state index is 2.74. The van der Waals surface area contributed by atoms with E-state index in [4.69, 9.17) is 0 Å². The smallest absolute Gasteiger partial charge is 0.252 e. The number of hydrogen-bond donors (Lipinski definition) is 0. The Morgan fingerprint density at radius 1 is 0.408 bits per heavy atom. The van der Waals surface area contributed by atoms with Crippen molar-refractivity contribution in [1.82, 2.24) is 0 Å². The van der Waals surface area contributed by atoms with Crippen LogP contribution in [0.15, 0.2) is 133 Å². The predicted octanol–water partition coefficient (Wildman–Crippen LogP) is 16.8. The molecular formula is C67H76BN3. The summed E-state index contributed by atoms with van der Waals surface area (Å²) in [6.45, 7) is 38.7. The fourth-order valence-corrected chi connectivity index (χ4v) is 13.5. The van der Waals surface area contributed by atoms with Crippen LogP contribution in [-0.2, 0) is 32.5 Å². The van der Waals surface area contributed by atoms with Gasteiger partial charge in [-0.25, -0.2) is 0 Å². The molecule has 0 atom stereocenters. The van der Waals surface area contributed by atoms with Gasteiger partial charge in [0.25, 0.3) is 6.71 Å². The Balaban J connectivity index is 1.28. The van der Waals surface area contributed by atoms with E-state index in [2.05, 4.69) is 259 Å². The highest BCUT2D eigenvalue weighted by atomic mass is 15.2. The zero-order valence-electron chi connectivity index (χ0n) is 45.7. The average Bonchev–Trinajstić information content (AvgIpc) is 3.48. The zero-order valence-corrected chi connectivity index (χ0v) is 45.7. The van der Waals surface area contributed by atoms with Crippen molar-refractivity contribution >= 4 is 74.3 Å². The number of hydrogen-bond acceptors (Lipinski definition) is 3. The summed E-state index contributed by atoms with van der Waals surface area (Å²) in [7, 11) is 0. The molecule has 0 radical (unpaired) electrons. The van der Waals surface area contributed by atoms with E-state index in [1.165, 1.54) is 101 Å². The molecule has 0 amide bonds. The molecule has 0 spiro atoms. The summed E-state index contributed by atoms with van der Waals surface area (Å²) in [5.41, 5.74) is 26.6. The highest BCUT2D eigenvalue weighted by Crippen LogP contribution is 2.55. The predicted molar refractivity (Wildman–Crippen MR) is 308 cm³/mol. The van der Waals surface area contributed by atoms with E-state index in [9.17, 15) is 0 Å². The number of fused-ring (bicyclic) bond motifs is 6. The van der Waals surface area contributed by atoms with E-state index in [1.54, 1.807) is 0 Å². The molecule has 2 aliphatic heterocycles. The number of benzene rings is 7. The van der Waals surface area contributed by atoms with Crippen molar-refractivity contribution in [3.05, 3.63) is 178 Å². The minimum Gasteiger partial charge on any atom is -0.311 e. The Hall–Kier alpha value is -6.00. The molecule has 71 heavy (non-hydrogen) atoms. The van der Waals surface area contributed by atoms with E-state index in [0.29, 0.717) is 0 Å².